The zero-order chi connectivity index (χ0) is 18.7. The lowest BCUT2D eigenvalue weighted by Gasteiger charge is -2.27. The molecule has 0 bridgehead atoms. The van der Waals surface area contributed by atoms with Gasteiger partial charge in [-0.25, -0.2) is 17.8 Å². The number of sulfone groups is 1. The number of nitrogens with zero attached hydrogens (tertiary/aromatic N) is 2. The van der Waals surface area contributed by atoms with E-state index in [1.54, 1.807) is 17.1 Å². The van der Waals surface area contributed by atoms with Crippen LogP contribution in [0, 0.1) is 9.39 Å². The Morgan fingerprint density at radius 1 is 1.19 bits per heavy atom. The number of halogens is 2. The minimum Gasteiger partial charge on any atom is -0.351 e. The van der Waals surface area contributed by atoms with Crippen molar-refractivity contribution >= 4 is 49.7 Å². The van der Waals surface area contributed by atoms with Crippen LogP contribution < -0.4 is 10.7 Å². The summed E-state index contributed by atoms with van der Waals surface area (Å²) in [5.41, 5.74) is 3.56. The smallest absolute Gasteiger partial charge is 0.267 e. The van der Waals surface area contributed by atoms with Crippen molar-refractivity contribution in [1.29, 1.82) is 0 Å². The first-order valence-corrected chi connectivity index (χ1v) is 10.7. The van der Waals surface area contributed by atoms with Gasteiger partial charge in [0.25, 0.3) is 5.91 Å². The average Bonchev–Trinajstić information content (AvgIpc) is 2.59. The number of rotatable bonds is 4. The number of hydrogen-bond acceptors (Lipinski definition) is 6. The molecule has 2 N–H and O–H groups in total. The van der Waals surface area contributed by atoms with E-state index in [-0.39, 0.29) is 35.8 Å². The minimum absolute atomic E-state index is 0.00257. The first-order valence-electron chi connectivity index (χ1n) is 7.76. The molecule has 26 heavy (non-hydrogen) atoms. The van der Waals surface area contributed by atoms with E-state index in [2.05, 4.69) is 15.7 Å². The van der Waals surface area contributed by atoms with Crippen molar-refractivity contribution in [3.63, 3.8) is 0 Å². The highest BCUT2D eigenvalue weighted by atomic mass is 127. The van der Waals surface area contributed by atoms with Crippen molar-refractivity contribution in [2.45, 2.75) is 0 Å². The Hall–Kier alpha value is -1.79. The summed E-state index contributed by atoms with van der Waals surface area (Å²) in [6.45, 7) is 0.460. The quantitative estimate of drug-likeness (QED) is 0.637. The molecule has 7 nitrogen and oxygen atoms in total. The van der Waals surface area contributed by atoms with Gasteiger partial charge in [0.2, 0.25) is 0 Å². The lowest BCUT2D eigenvalue weighted by atomic mass is 10.2. The van der Waals surface area contributed by atoms with E-state index in [0.717, 1.165) is 3.57 Å². The first-order chi connectivity index (χ1) is 12.3. The van der Waals surface area contributed by atoms with E-state index in [1.165, 1.54) is 24.5 Å². The van der Waals surface area contributed by atoms with Gasteiger partial charge < -0.3 is 5.32 Å². The largest absolute Gasteiger partial charge is 0.351 e. The second-order valence-corrected chi connectivity index (χ2v) is 9.30. The Labute approximate surface area is 164 Å². The Bertz CT molecular complexity index is 925. The maximum Gasteiger partial charge on any atom is 0.267 e. The number of pyridine rings is 1. The highest BCUT2D eigenvalue weighted by molar-refractivity contribution is 14.1. The third kappa shape index (κ3) is 4.68. The van der Waals surface area contributed by atoms with Crippen molar-refractivity contribution in [3.05, 3.63) is 51.6 Å². The maximum atomic E-state index is 14.1. The summed E-state index contributed by atoms with van der Waals surface area (Å²) >= 11 is 2.01. The number of aromatic nitrogens is 1. The lowest BCUT2D eigenvalue weighted by molar-refractivity contribution is 0.0803. The van der Waals surface area contributed by atoms with E-state index < -0.39 is 21.6 Å². The fourth-order valence-corrected chi connectivity index (χ4v) is 4.11. The number of amides is 1. The van der Waals surface area contributed by atoms with Gasteiger partial charge in [-0.3, -0.25) is 15.2 Å². The molecule has 1 amide bonds. The molecule has 1 aliphatic rings. The van der Waals surface area contributed by atoms with Crippen LogP contribution in [-0.4, -0.2) is 48.9 Å². The summed E-state index contributed by atoms with van der Waals surface area (Å²) in [5, 5.41) is 4.45. The molecule has 138 valence electrons. The van der Waals surface area contributed by atoms with Crippen molar-refractivity contribution in [2.24, 2.45) is 0 Å². The molecule has 0 radical (unpaired) electrons. The van der Waals surface area contributed by atoms with E-state index in [0.29, 0.717) is 5.69 Å². The van der Waals surface area contributed by atoms with Crippen LogP contribution in [0.3, 0.4) is 0 Å². The van der Waals surface area contributed by atoms with Crippen LogP contribution in [0.25, 0.3) is 0 Å². The van der Waals surface area contributed by atoms with Crippen LogP contribution >= 0.6 is 22.6 Å². The second kappa shape index (κ2) is 7.84. The molecule has 0 saturated carbocycles. The van der Waals surface area contributed by atoms with Crippen LogP contribution in [0.1, 0.15) is 10.4 Å². The molecule has 2 aromatic rings. The molecule has 1 aliphatic heterocycles. The molecular weight excluding hydrogens is 474 g/mol. The summed E-state index contributed by atoms with van der Waals surface area (Å²) in [4.78, 5) is 16.5. The fourth-order valence-electron chi connectivity index (χ4n) is 2.46. The molecule has 0 spiro atoms. The van der Waals surface area contributed by atoms with Gasteiger partial charge >= 0.3 is 0 Å². The van der Waals surface area contributed by atoms with E-state index >= 15 is 0 Å². The van der Waals surface area contributed by atoms with Crippen molar-refractivity contribution < 1.29 is 17.6 Å². The zero-order valence-electron chi connectivity index (χ0n) is 13.6. The summed E-state index contributed by atoms with van der Waals surface area (Å²) in [7, 11) is -3.03. The normalized spacial score (nSPS) is 16.8. The Morgan fingerprint density at radius 3 is 2.62 bits per heavy atom. The molecule has 1 fully saturated rings. The molecule has 1 aromatic carbocycles. The topological polar surface area (TPSA) is 91.4 Å². The molecular formula is C16H16FIN4O3S. The highest BCUT2D eigenvalue weighted by Gasteiger charge is 2.23. The van der Waals surface area contributed by atoms with E-state index in [1.807, 2.05) is 22.6 Å². The van der Waals surface area contributed by atoms with Gasteiger partial charge in [-0.1, -0.05) is 0 Å². The maximum absolute atomic E-state index is 14.1. The summed E-state index contributed by atoms with van der Waals surface area (Å²) in [6, 6.07) is 6.23. The number of nitrogens with one attached hydrogen (secondary N) is 2. The van der Waals surface area contributed by atoms with Crippen LogP contribution in [-0.2, 0) is 9.84 Å². The summed E-state index contributed by atoms with van der Waals surface area (Å²) < 4.78 is 37.8. The third-order valence-electron chi connectivity index (χ3n) is 3.87. The summed E-state index contributed by atoms with van der Waals surface area (Å²) in [6.07, 6.45) is 2.90. The Kier molecular flexibility index (Phi) is 5.73. The second-order valence-electron chi connectivity index (χ2n) is 5.75. The number of benzene rings is 1. The number of hydrazine groups is 1. The van der Waals surface area contributed by atoms with Gasteiger partial charge in [-0.15, -0.1) is 0 Å². The molecule has 0 unspecified atom stereocenters. The third-order valence-corrected chi connectivity index (χ3v) is 6.15. The van der Waals surface area contributed by atoms with Crippen LogP contribution in [0.15, 0.2) is 36.7 Å². The monoisotopic (exact) mass is 490 g/mol. The molecule has 10 heteroatoms. The lowest BCUT2D eigenvalue weighted by Crippen LogP contribution is -2.50. The number of carbonyl (C=O) groups is 1. The van der Waals surface area contributed by atoms with E-state index in [4.69, 9.17) is 0 Å². The van der Waals surface area contributed by atoms with Crippen LogP contribution in [0.5, 0.6) is 0 Å². The Morgan fingerprint density at radius 2 is 1.92 bits per heavy atom. The van der Waals surface area contributed by atoms with Gasteiger partial charge in [-0.2, -0.15) is 0 Å². The van der Waals surface area contributed by atoms with Gasteiger partial charge in [0.1, 0.15) is 5.82 Å². The van der Waals surface area contributed by atoms with E-state index in [9.17, 15) is 17.6 Å². The van der Waals surface area contributed by atoms with Crippen LogP contribution in [0.2, 0.25) is 0 Å². The highest BCUT2D eigenvalue weighted by Crippen LogP contribution is 2.24. The molecule has 3 rings (SSSR count). The minimum atomic E-state index is -3.03. The standard InChI is InChI=1S/C16H16FIN4O3S/c17-13-9-11(18)1-2-14(13)20-15-10-19-4-3-12(15)16(23)21-22-5-7-26(24,25)8-6-22/h1-4,9-10,20H,5-8H2,(H,21,23). The van der Waals surface area contributed by atoms with Gasteiger partial charge in [-0.05, 0) is 46.9 Å². The fraction of sp³-hybridized carbons (Fsp3) is 0.250. The number of hydrogen-bond donors (Lipinski definition) is 2. The molecule has 1 saturated heterocycles. The number of anilines is 2. The van der Waals surface area contributed by atoms with Gasteiger partial charge in [0.05, 0.1) is 34.6 Å². The first kappa shape index (κ1) is 19.0. The van der Waals surface area contributed by atoms with Crippen molar-refractivity contribution in [2.75, 3.05) is 29.9 Å². The zero-order valence-corrected chi connectivity index (χ0v) is 16.5. The molecule has 0 atom stereocenters. The Balaban J connectivity index is 1.75. The number of carbonyl (C=O) groups excluding carboxylic acids is 1. The molecule has 1 aromatic heterocycles. The predicted molar refractivity (Wildman–Crippen MR) is 104 cm³/mol. The average molecular weight is 490 g/mol. The van der Waals surface area contributed by atoms with Crippen molar-refractivity contribution in [3.8, 4) is 0 Å². The summed E-state index contributed by atoms with van der Waals surface area (Å²) in [5.74, 6) is -0.848. The van der Waals surface area contributed by atoms with Gasteiger partial charge in [0, 0.05) is 22.9 Å². The molecule has 0 aliphatic carbocycles. The van der Waals surface area contributed by atoms with Gasteiger partial charge in [0.15, 0.2) is 9.84 Å². The SMILES string of the molecule is O=C(NN1CCS(=O)(=O)CC1)c1ccncc1Nc1ccc(I)cc1F. The van der Waals surface area contributed by atoms with Crippen molar-refractivity contribution in [1.82, 2.24) is 15.4 Å². The molecule has 2 heterocycles. The predicted octanol–water partition coefficient (Wildman–Crippen LogP) is 1.94. The van der Waals surface area contributed by atoms with Crippen LogP contribution in [0.4, 0.5) is 15.8 Å².